The van der Waals surface area contributed by atoms with Gasteiger partial charge < -0.3 is 0 Å². The lowest BCUT2D eigenvalue weighted by atomic mass is 10.1. The van der Waals surface area contributed by atoms with Gasteiger partial charge in [0, 0.05) is 35.9 Å². The van der Waals surface area contributed by atoms with Crippen LogP contribution in [-0.2, 0) is 6.42 Å². The van der Waals surface area contributed by atoms with Crippen molar-refractivity contribution in [1.29, 1.82) is 0 Å². The fourth-order valence-electron chi connectivity index (χ4n) is 4.18. The van der Waals surface area contributed by atoms with Crippen LogP contribution in [0.2, 0.25) is 0 Å². The number of hydrogen-bond donors (Lipinski definition) is 0. The lowest BCUT2D eigenvalue weighted by molar-refractivity contribution is -0.384. The van der Waals surface area contributed by atoms with Crippen LogP contribution in [0, 0.1) is 10.1 Å². The molecule has 0 unspecified atom stereocenters. The lowest BCUT2D eigenvalue weighted by Gasteiger charge is -2.00. The molecular weight excluding hydrogens is 516 g/mol. The molecule has 3 heterocycles. The fourth-order valence-corrected chi connectivity index (χ4v) is 5.07. The Labute approximate surface area is 223 Å². The van der Waals surface area contributed by atoms with Gasteiger partial charge in [-0.25, -0.2) is 4.68 Å². The maximum absolute atomic E-state index is 13.3. The van der Waals surface area contributed by atoms with E-state index in [1.165, 1.54) is 12.1 Å². The second-order valence-corrected chi connectivity index (χ2v) is 9.67. The monoisotopic (exact) mass is 534 g/mol. The number of thiazole rings is 1. The molecule has 0 bridgehead atoms. The maximum Gasteiger partial charge on any atom is 0.296 e. The SMILES string of the molecule is O=c1nc2s/c(=C/c3cn(-c4ccccc4)nc3-c3cccc([N+](=O)[O-])c3)c(=O)n2nc1Cc1ccccc1. The van der Waals surface area contributed by atoms with E-state index in [0.717, 1.165) is 27.1 Å². The molecule has 0 spiro atoms. The van der Waals surface area contributed by atoms with Crippen molar-refractivity contribution in [3.8, 4) is 16.9 Å². The molecule has 0 aliphatic rings. The average Bonchev–Trinajstić information content (AvgIpc) is 3.51. The second-order valence-electron chi connectivity index (χ2n) is 8.66. The Hall–Kier alpha value is -5.29. The summed E-state index contributed by atoms with van der Waals surface area (Å²) in [6.45, 7) is 0. The summed E-state index contributed by atoms with van der Waals surface area (Å²) in [6, 6.07) is 24.9. The third-order valence-electron chi connectivity index (χ3n) is 6.05. The Balaban J connectivity index is 1.51. The van der Waals surface area contributed by atoms with Gasteiger partial charge >= 0.3 is 0 Å². The van der Waals surface area contributed by atoms with Crippen LogP contribution in [0.1, 0.15) is 16.8 Å². The van der Waals surface area contributed by atoms with Crippen LogP contribution in [0.25, 0.3) is 28.0 Å². The number of hydrogen-bond acceptors (Lipinski definition) is 8. The lowest BCUT2D eigenvalue weighted by Crippen LogP contribution is -2.28. The number of nitrogens with zero attached hydrogens (tertiary/aromatic N) is 6. The number of aromatic nitrogens is 5. The number of fused-ring (bicyclic) bond motifs is 1. The third-order valence-corrected chi connectivity index (χ3v) is 7.00. The number of nitro groups is 1. The van der Waals surface area contributed by atoms with Crippen LogP contribution in [0.4, 0.5) is 5.69 Å². The molecule has 6 aromatic rings. The van der Waals surface area contributed by atoms with Crippen LogP contribution in [-0.4, -0.2) is 29.3 Å². The molecule has 3 aromatic heterocycles. The minimum absolute atomic E-state index is 0.0723. The van der Waals surface area contributed by atoms with Gasteiger partial charge in [-0.15, -0.1) is 0 Å². The zero-order chi connectivity index (χ0) is 26.9. The third kappa shape index (κ3) is 4.74. The molecular formula is C28H18N6O4S. The quantitative estimate of drug-likeness (QED) is 0.237. The van der Waals surface area contributed by atoms with Gasteiger partial charge in [0.1, 0.15) is 11.4 Å². The summed E-state index contributed by atoms with van der Waals surface area (Å²) in [5.41, 5.74) is 2.40. The van der Waals surface area contributed by atoms with Crippen molar-refractivity contribution in [1.82, 2.24) is 24.4 Å². The van der Waals surface area contributed by atoms with Gasteiger partial charge in [0.05, 0.1) is 15.1 Å². The smallest absolute Gasteiger partial charge is 0.266 e. The standard InChI is InChI=1S/C28H18N6O4S/c35-26-23(14-18-8-3-1-4-9-18)30-33-27(36)24(39-28(33)29-26)16-20-17-32(21-11-5-2-6-12-21)31-25(20)19-10-7-13-22(15-19)34(37)38/h1-13,15-17H,14H2/b24-16+. The summed E-state index contributed by atoms with van der Waals surface area (Å²) in [6.07, 6.45) is 3.65. The van der Waals surface area contributed by atoms with E-state index in [4.69, 9.17) is 0 Å². The normalized spacial score (nSPS) is 11.7. The summed E-state index contributed by atoms with van der Waals surface area (Å²) in [5.74, 6) is 0. The van der Waals surface area contributed by atoms with Crippen LogP contribution in [0.15, 0.2) is 101 Å². The van der Waals surface area contributed by atoms with E-state index in [1.807, 2.05) is 60.7 Å². The van der Waals surface area contributed by atoms with Crippen molar-refractivity contribution in [2.75, 3.05) is 0 Å². The van der Waals surface area contributed by atoms with Crippen LogP contribution in [0.5, 0.6) is 0 Å². The van der Waals surface area contributed by atoms with Gasteiger partial charge in [-0.3, -0.25) is 19.7 Å². The predicted molar refractivity (Wildman–Crippen MR) is 147 cm³/mol. The second kappa shape index (κ2) is 9.88. The molecule has 190 valence electrons. The Morgan fingerprint density at radius 1 is 0.923 bits per heavy atom. The minimum Gasteiger partial charge on any atom is -0.266 e. The van der Waals surface area contributed by atoms with Gasteiger partial charge in [-0.2, -0.15) is 19.7 Å². The minimum atomic E-state index is -0.485. The molecule has 39 heavy (non-hydrogen) atoms. The van der Waals surface area contributed by atoms with Gasteiger partial charge in [0.15, 0.2) is 0 Å². The molecule has 0 radical (unpaired) electrons. The van der Waals surface area contributed by atoms with Crippen molar-refractivity contribution in [2.24, 2.45) is 0 Å². The highest BCUT2D eigenvalue weighted by atomic mass is 32.1. The van der Waals surface area contributed by atoms with E-state index in [1.54, 1.807) is 29.1 Å². The topological polar surface area (TPSA) is 125 Å². The molecule has 0 aliphatic carbocycles. The van der Waals surface area contributed by atoms with Crippen LogP contribution < -0.4 is 15.7 Å². The number of nitro benzene ring substituents is 1. The summed E-state index contributed by atoms with van der Waals surface area (Å²) >= 11 is 1.04. The predicted octanol–water partition coefficient (Wildman–Crippen LogP) is 3.41. The summed E-state index contributed by atoms with van der Waals surface area (Å²) < 4.78 is 3.09. The number of rotatable bonds is 6. The number of non-ortho nitro benzene ring substituents is 1. The highest BCUT2D eigenvalue weighted by Gasteiger charge is 2.16. The van der Waals surface area contributed by atoms with Crippen molar-refractivity contribution >= 4 is 28.1 Å². The van der Waals surface area contributed by atoms with Gasteiger partial charge in [-0.1, -0.05) is 72.0 Å². The molecule has 0 N–H and O–H groups in total. The highest BCUT2D eigenvalue weighted by Crippen LogP contribution is 2.27. The molecule has 0 fully saturated rings. The molecule has 0 amide bonds. The summed E-state index contributed by atoms with van der Waals surface area (Å²) in [5, 5.41) is 20.4. The Morgan fingerprint density at radius 3 is 2.41 bits per heavy atom. The van der Waals surface area contributed by atoms with E-state index in [2.05, 4.69) is 15.2 Å². The molecule has 10 nitrogen and oxygen atoms in total. The Kier molecular flexibility index (Phi) is 6.10. The van der Waals surface area contributed by atoms with Gasteiger partial charge in [-0.05, 0) is 23.8 Å². The molecule has 6 rings (SSSR count). The summed E-state index contributed by atoms with van der Waals surface area (Å²) in [4.78, 5) is 41.2. The zero-order valence-corrected chi connectivity index (χ0v) is 21.0. The van der Waals surface area contributed by atoms with Gasteiger partial charge in [0.2, 0.25) is 4.96 Å². The van der Waals surface area contributed by atoms with E-state index in [-0.39, 0.29) is 22.8 Å². The number of para-hydroxylation sites is 1. The zero-order valence-electron chi connectivity index (χ0n) is 20.2. The molecule has 0 aliphatic heterocycles. The van der Waals surface area contributed by atoms with E-state index >= 15 is 0 Å². The number of benzene rings is 3. The van der Waals surface area contributed by atoms with Crippen LogP contribution >= 0.6 is 11.3 Å². The Bertz CT molecular complexity index is 2020. The first-order valence-electron chi connectivity index (χ1n) is 11.8. The fraction of sp³-hybridized carbons (Fsp3) is 0.0357. The first-order chi connectivity index (χ1) is 19.0. The van der Waals surface area contributed by atoms with Crippen molar-refractivity contribution in [3.05, 3.63) is 143 Å². The van der Waals surface area contributed by atoms with Crippen LogP contribution in [0.3, 0.4) is 0 Å². The van der Waals surface area contributed by atoms with Crippen molar-refractivity contribution in [3.63, 3.8) is 0 Å². The largest absolute Gasteiger partial charge is 0.296 e. The highest BCUT2D eigenvalue weighted by molar-refractivity contribution is 7.15. The first kappa shape index (κ1) is 24.1. The van der Waals surface area contributed by atoms with E-state index in [0.29, 0.717) is 21.4 Å². The molecule has 3 aromatic carbocycles. The maximum atomic E-state index is 13.3. The Morgan fingerprint density at radius 2 is 1.67 bits per heavy atom. The van der Waals surface area contributed by atoms with Crippen molar-refractivity contribution in [2.45, 2.75) is 6.42 Å². The average molecular weight is 535 g/mol. The molecule has 0 atom stereocenters. The van der Waals surface area contributed by atoms with E-state index in [9.17, 15) is 19.7 Å². The molecule has 0 saturated heterocycles. The summed E-state index contributed by atoms with van der Waals surface area (Å²) in [7, 11) is 0. The first-order valence-corrected chi connectivity index (χ1v) is 12.7. The molecule has 11 heteroatoms. The van der Waals surface area contributed by atoms with Crippen molar-refractivity contribution < 1.29 is 4.92 Å². The van der Waals surface area contributed by atoms with E-state index < -0.39 is 16.0 Å². The van der Waals surface area contributed by atoms with Gasteiger partial charge in [0.25, 0.3) is 16.8 Å². The molecule has 0 saturated carbocycles.